The van der Waals surface area contributed by atoms with Crippen LogP contribution in [-0.2, 0) is 6.54 Å². The Balaban J connectivity index is 2.70. The summed E-state index contributed by atoms with van der Waals surface area (Å²) in [5.41, 5.74) is 0.797. The van der Waals surface area contributed by atoms with E-state index in [2.05, 4.69) is 0 Å². The Morgan fingerprint density at radius 3 is 2.69 bits per heavy atom. The van der Waals surface area contributed by atoms with E-state index in [0.717, 1.165) is 10.4 Å². The molecule has 16 heavy (non-hydrogen) atoms. The summed E-state index contributed by atoms with van der Waals surface area (Å²) in [6, 6.07) is 1.55. The third-order valence-corrected chi connectivity index (χ3v) is 3.20. The average Bonchev–Trinajstić information content (AvgIpc) is 2.46. The minimum Gasteiger partial charge on any atom is -0.477 e. The van der Waals surface area contributed by atoms with Crippen LogP contribution in [0.4, 0.5) is 8.78 Å². The lowest BCUT2D eigenvalue weighted by Gasteiger charge is -2.15. The summed E-state index contributed by atoms with van der Waals surface area (Å²) >= 11 is 1.17. The summed E-state index contributed by atoms with van der Waals surface area (Å²) in [4.78, 5) is 13.3. The highest BCUT2D eigenvalue weighted by Crippen LogP contribution is 2.22. The van der Waals surface area contributed by atoms with Crippen molar-refractivity contribution in [1.82, 2.24) is 4.90 Å². The van der Waals surface area contributed by atoms with E-state index in [1.807, 2.05) is 0 Å². The first-order chi connectivity index (χ1) is 7.40. The highest BCUT2D eigenvalue weighted by Gasteiger charge is 2.14. The lowest BCUT2D eigenvalue weighted by atomic mass is 10.2. The highest BCUT2D eigenvalue weighted by molar-refractivity contribution is 7.14. The molecule has 0 radical (unpaired) electrons. The fraction of sp³-hybridized carbons (Fsp3) is 0.500. The Labute approximate surface area is 96.3 Å². The maximum Gasteiger partial charge on any atom is 0.345 e. The van der Waals surface area contributed by atoms with E-state index in [-0.39, 0.29) is 11.4 Å². The molecule has 0 amide bonds. The highest BCUT2D eigenvalue weighted by atomic mass is 32.1. The van der Waals surface area contributed by atoms with Gasteiger partial charge in [-0.2, -0.15) is 0 Å². The van der Waals surface area contributed by atoms with Crippen LogP contribution in [0.3, 0.4) is 0 Å². The Kier molecular flexibility index (Phi) is 4.37. The van der Waals surface area contributed by atoms with Crippen molar-refractivity contribution >= 4 is 17.3 Å². The van der Waals surface area contributed by atoms with Crippen LogP contribution in [0.2, 0.25) is 0 Å². The molecule has 0 aliphatic heterocycles. The maximum absolute atomic E-state index is 12.1. The lowest BCUT2D eigenvalue weighted by molar-refractivity contribution is 0.0701. The average molecular weight is 249 g/mol. The fourth-order valence-electron chi connectivity index (χ4n) is 1.37. The molecule has 0 bridgehead atoms. The number of aryl methyl sites for hydroxylation is 1. The molecule has 1 aromatic heterocycles. The second-order valence-electron chi connectivity index (χ2n) is 3.59. The van der Waals surface area contributed by atoms with Gasteiger partial charge in [0.2, 0.25) is 0 Å². The summed E-state index contributed by atoms with van der Waals surface area (Å²) < 4.78 is 24.2. The van der Waals surface area contributed by atoms with Crippen molar-refractivity contribution in [3.63, 3.8) is 0 Å². The van der Waals surface area contributed by atoms with Gasteiger partial charge >= 0.3 is 5.97 Å². The van der Waals surface area contributed by atoms with Gasteiger partial charge in [0.05, 0.1) is 6.54 Å². The summed E-state index contributed by atoms with van der Waals surface area (Å²) in [5.74, 6) is -0.976. The zero-order valence-electron chi connectivity index (χ0n) is 9.04. The molecule has 0 saturated carbocycles. The molecule has 0 fully saturated rings. The number of nitrogens with zero attached hydrogens (tertiary/aromatic N) is 1. The summed E-state index contributed by atoms with van der Waals surface area (Å²) in [6.07, 6.45) is -2.37. The lowest BCUT2D eigenvalue weighted by Crippen LogP contribution is -2.24. The quantitative estimate of drug-likeness (QED) is 0.871. The zero-order valence-corrected chi connectivity index (χ0v) is 9.85. The van der Waals surface area contributed by atoms with Crippen molar-refractivity contribution in [2.75, 3.05) is 13.6 Å². The summed E-state index contributed by atoms with van der Waals surface area (Å²) in [5, 5.41) is 8.78. The van der Waals surface area contributed by atoms with E-state index in [0.29, 0.717) is 6.54 Å². The predicted molar refractivity (Wildman–Crippen MR) is 58.4 cm³/mol. The molecular formula is C10H13F2NO2S. The standard InChI is InChI=1S/C10H13F2NO2S/c1-6-7(3-8(16-6)10(14)15)4-13(2)5-9(11)12/h3,9H,4-5H2,1-2H3,(H,14,15). The minimum absolute atomic E-state index is 0.248. The van der Waals surface area contributed by atoms with Crippen LogP contribution in [0, 0.1) is 6.92 Å². The number of halogens is 2. The largest absolute Gasteiger partial charge is 0.477 e. The first-order valence-corrected chi connectivity index (χ1v) is 5.51. The molecule has 1 N–H and O–H groups in total. The number of rotatable bonds is 5. The molecule has 0 unspecified atom stereocenters. The summed E-state index contributed by atoms with van der Waals surface area (Å²) in [6.45, 7) is 1.83. The number of carboxylic acids is 1. The van der Waals surface area contributed by atoms with Crippen LogP contribution >= 0.6 is 11.3 Å². The smallest absolute Gasteiger partial charge is 0.345 e. The van der Waals surface area contributed by atoms with Gasteiger partial charge in [-0.3, -0.25) is 4.90 Å². The molecule has 0 aromatic carbocycles. The van der Waals surface area contributed by atoms with Crippen molar-refractivity contribution < 1.29 is 18.7 Å². The molecule has 1 aromatic rings. The Morgan fingerprint density at radius 2 is 2.25 bits per heavy atom. The number of aromatic carboxylic acids is 1. The zero-order chi connectivity index (χ0) is 12.3. The SMILES string of the molecule is Cc1sc(C(=O)O)cc1CN(C)CC(F)F. The van der Waals surface area contributed by atoms with Gasteiger partial charge in [0.15, 0.2) is 0 Å². The van der Waals surface area contributed by atoms with Gasteiger partial charge in [0.25, 0.3) is 6.43 Å². The molecule has 0 aliphatic carbocycles. The number of hydrogen-bond donors (Lipinski definition) is 1. The third-order valence-electron chi connectivity index (χ3n) is 2.12. The van der Waals surface area contributed by atoms with Gasteiger partial charge in [0.1, 0.15) is 4.88 Å². The molecule has 0 spiro atoms. The van der Waals surface area contributed by atoms with E-state index in [9.17, 15) is 13.6 Å². The minimum atomic E-state index is -2.37. The number of carbonyl (C=O) groups is 1. The Hall–Kier alpha value is -1.01. The number of carboxylic acid groups (broad SMARTS) is 1. The predicted octanol–water partition coefficient (Wildman–Crippen LogP) is 2.45. The van der Waals surface area contributed by atoms with Crippen LogP contribution in [0.1, 0.15) is 20.1 Å². The number of thiophene rings is 1. The third kappa shape index (κ3) is 3.53. The normalized spacial score (nSPS) is 11.4. The van der Waals surface area contributed by atoms with Crippen molar-refractivity contribution in [2.24, 2.45) is 0 Å². The van der Waals surface area contributed by atoms with Crippen molar-refractivity contribution in [2.45, 2.75) is 19.9 Å². The second-order valence-corrected chi connectivity index (χ2v) is 4.84. The van der Waals surface area contributed by atoms with Gasteiger partial charge in [-0.1, -0.05) is 0 Å². The topological polar surface area (TPSA) is 40.5 Å². The van der Waals surface area contributed by atoms with Crippen LogP contribution in [0.15, 0.2) is 6.07 Å². The van der Waals surface area contributed by atoms with E-state index >= 15 is 0 Å². The van der Waals surface area contributed by atoms with Crippen LogP contribution in [0.5, 0.6) is 0 Å². The molecule has 1 rings (SSSR count). The van der Waals surface area contributed by atoms with Gasteiger partial charge in [-0.25, -0.2) is 13.6 Å². The first-order valence-electron chi connectivity index (χ1n) is 4.69. The number of alkyl halides is 2. The Bertz CT molecular complexity index is 379. The van der Waals surface area contributed by atoms with E-state index < -0.39 is 12.4 Å². The molecule has 6 heteroatoms. The molecule has 0 aliphatic rings. The van der Waals surface area contributed by atoms with Gasteiger partial charge in [-0.05, 0) is 25.6 Å². The van der Waals surface area contributed by atoms with Gasteiger partial charge in [-0.15, -0.1) is 11.3 Å². The molecule has 3 nitrogen and oxygen atoms in total. The molecular weight excluding hydrogens is 236 g/mol. The number of hydrogen-bond acceptors (Lipinski definition) is 3. The van der Waals surface area contributed by atoms with E-state index in [1.54, 1.807) is 20.0 Å². The van der Waals surface area contributed by atoms with Gasteiger partial charge in [0, 0.05) is 11.4 Å². The van der Waals surface area contributed by atoms with Crippen LogP contribution < -0.4 is 0 Å². The monoisotopic (exact) mass is 249 g/mol. The van der Waals surface area contributed by atoms with Gasteiger partial charge < -0.3 is 5.11 Å². The Morgan fingerprint density at radius 1 is 1.62 bits per heavy atom. The first kappa shape index (κ1) is 13.1. The molecule has 90 valence electrons. The second kappa shape index (κ2) is 5.36. The molecule has 0 atom stereocenters. The summed E-state index contributed by atoms with van der Waals surface area (Å²) in [7, 11) is 1.59. The maximum atomic E-state index is 12.1. The fourth-order valence-corrected chi connectivity index (χ4v) is 2.25. The van der Waals surface area contributed by atoms with Crippen molar-refractivity contribution in [3.05, 3.63) is 21.4 Å². The van der Waals surface area contributed by atoms with E-state index in [1.165, 1.54) is 16.2 Å². The van der Waals surface area contributed by atoms with E-state index in [4.69, 9.17) is 5.11 Å². The van der Waals surface area contributed by atoms with Crippen molar-refractivity contribution in [3.8, 4) is 0 Å². The van der Waals surface area contributed by atoms with Crippen molar-refractivity contribution in [1.29, 1.82) is 0 Å². The molecule has 0 saturated heterocycles. The van der Waals surface area contributed by atoms with Crippen LogP contribution in [0.25, 0.3) is 0 Å². The van der Waals surface area contributed by atoms with Crippen LogP contribution in [-0.4, -0.2) is 36.0 Å². The molecule has 1 heterocycles.